The fourth-order valence-corrected chi connectivity index (χ4v) is 1.99. The van der Waals surface area contributed by atoms with Crippen LogP contribution in [0.1, 0.15) is 5.56 Å². The predicted octanol–water partition coefficient (Wildman–Crippen LogP) is 0.380. The number of hydrogen-bond donors (Lipinski definition) is 3. The predicted molar refractivity (Wildman–Crippen MR) is 81.2 cm³/mol. The van der Waals surface area contributed by atoms with Crippen molar-refractivity contribution in [1.29, 1.82) is 0 Å². The topological polar surface area (TPSA) is 83.2 Å². The van der Waals surface area contributed by atoms with Gasteiger partial charge in [0.25, 0.3) is 5.56 Å². The number of rotatable bonds is 7. The molecular formula is C15H19N3O3. The lowest BCUT2D eigenvalue weighted by atomic mass is 10.1. The number of amides is 1. The maximum absolute atomic E-state index is 11.9. The van der Waals surface area contributed by atoms with Crippen molar-refractivity contribution < 1.29 is 9.53 Å². The lowest BCUT2D eigenvalue weighted by Crippen LogP contribution is -2.36. The molecule has 0 unspecified atom stereocenters. The van der Waals surface area contributed by atoms with E-state index < -0.39 is 0 Å². The average molecular weight is 289 g/mol. The van der Waals surface area contributed by atoms with E-state index in [9.17, 15) is 9.59 Å². The normalized spacial score (nSPS) is 10.7. The van der Waals surface area contributed by atoms with Crippen molar-refractivity contribution in [1.82, 2.24) is 15.6 Å². The Kier molecular flexibility index (Phi) is 5.48. The molecule has 1 heterocycles. The van der Waals surface area contributed by atoms with Crippen LogP contribution in [0.25, 0.3) is 10.9 Å². The number of hydrogen-bond acceptors (Lipinski definition) is 4. The van der Waals surface area contributed by atoms with Crippen LogP contribution in [0.2, 0.25) is 0 Å². The molecule has 0 aliphatic rings. The number of aromatic amines is 1. The van der Waals surface area contributed by atoms with Crippen LogP contribution in [0.15, 0.2) is 35.1 Å². The van der Waals surface area contributed by atoms with Crippen LogP contribution in [0, 0.1) is 0 Å². The van der Waals surface area contributed by atoms with Crippen LogP contribution >= 0.6 is 0 Å². The number of H-pyrrole nitrogens is 1. The van der Waals surface area contributed by atoms with Gasteiger partial charge in [-0.05, 0) is 17.5 Å². The molecule has 3 N–H and O–H groups in total. The molecule has 2 aromatic rings. The van der Waals surface area contributed by atoms with E-state index >= 15 is 0 Å². The zero-order chi connectivity index (χ0) is 15.1. The van der Waals surface area contributed by atoms with Gasteiger partial charge in [0.1, 0.15) is 0 Å². The second kappa shape index (κ2) is 7.56. The number of para-hydroxylation sites is 1. The standard InChI is InChI=1S/C15H19N3O3/c1-21-7-6-17-14(19)10-16-9-12-8-11-4-2-3-5-13(11)18-15(12)20/h2-5,8,16H,6-7,9-10H2,1H3,(H,17,19)(H,18,20). The molecule has 1 aromatic carbocycles. The number of fused-ring (bicyclic) bond motifs is 1. The van der Waals surface area contributed by atoms with Crippen LogP contribution < -0.4 is 16.2 Å². The number of ether oxygens (including phenoxy) is 1. The van der Waals surface area contributed by atoms with Crippen LogP contribution in [0.3, 0.4) is 0 Å². The molecule has 6 heteroatoms. The Hall–Kier alpha value is -2.18. The third-order valence-corrected chi connectivity index (χ3v) is 3.06. The molecule has 0 radical (unpaired) electrons. The third-order valence-electron chi connectivity index (χ3n) is 3.06. The first-order chi connectivity index (χ1) is 10.2. The quantitative estimate of drug-likeness (QED) is 0.644. The minimum atomic E-state index is -0.138. The highest BCUT2D eigenvalue weighted by molar-refractivity contribution is 5.79. The van der Waals surface area contributed by atoms with E-state index in [2.05, 4.69) is 15.6 Å². The van der Waals surface area contributed by atoms with E-state index in [0.717, 1.165) is 10.9 Å². The van der Waals surface area contributed by atoms with E-state index in [1.54, 1.807) is 7.11 Å². The first-order valence-corrected chi connectivity index (χ1v) is 6.78. The summed E-state index contributed by atoms with van der Waals surface area (Å²) in [4.78, 5) is 26.2. The summed E-state index contributed by atoms with van der Waals surface area (Å²) in [7, 11) is 1.58. The molecule has 2 rings (SSSR count). The van der Waals surface area contributed by atoms with Gasteiger partial charge in [-0.2, -0.15) is 0 Å². The summed E-state index contributed by atoms with van der Waals surface area (Å²) >= 11 is 0. The summed E-state index contributed by atoms with van der Waals surface area (Å²) in [6.45, 7) is 1.47. The molecule has 1 aromatic heterocycles. The van der Waals surface area contributed by atoms with E-state index in [1.807, 2.05) is 30.3 Å². The Morgan fingerprint density at radius 2 is 2.14 bits per heavy atom. The van der Waals surface area contributed by atoms with Crippen LogP contribution in [-0.2, 0) is 16.1 Å². The van der Waals surface area contributed by atoms with E-state index in [0.29, 0.717) is 25.3 Å². The third kappa shape index (κ3) is 4.40. The zero-order valence-corrected chi connectivity index (χ0v) is 11.9. The molecule has 0 aliphatic carbocycles. The van der Waals surface area contributed by atoms with Crippen molar-refractivity contribution in [3.8, 4) is 0 Å². The number of pyridine rings is 1. The van der Waals surface area contributed by atoms with Crippen LogP contribution in [-0.4, -0.2) is 37.7 Å². The largest absolute Gasteiger partial charge is 0.383 e. The maximum Gasteiger partial charge on any atom is 0.252 e. The van der Waals surface area contributed by atoms with Crippen molar-refractivity contribution in [2.75, 3.05) is 26.8 Å². The van der Waals surface area contributed by atoms with Crippen molar-refractivity contribution >= 4 is 16.8 Å². The lowest BCUT2D eigenvalue weighted by Gasteiger charge is -2.07. The first-order valence-electron chi connectivity index (χ1n) is 6.78. The van der Waals surface area contributed by atoms with Crippen molar-refractivity contribution in [3.05, 3.63) is 46.2 Å². The second-order valence-electron chi connectivity index (χ2n) is 4.66. The monoisotopic (exact) mass is 289 g/mol. The molecule has 112 valence electrons. The van der Waals surface area contributed by atoms with Gasteiger partial charge in [-0.1, -0.05) is 18.2 Å². The highest BCUT2D eigenvalue weighted by Gasteiger charge is 2.04. The van der Waals surface area contributed by atoms with Gasteiger partial charge in [-0.25, -0.2) is 0 Å². The Labute approximate surface area is 122 Å². The number of nitrogens with one attached hydrogen (secondary N) is 3. The van der Waals surface area contributed by atoms with Gasteiger partial charge in [-0.3, -0.25) is 9.59 Å². The summed E-state index contributed by atoms with van der Waals surface area (Å²) in [6, 6.07) is 9.43. The molecule has 0 fully saturated rings. The molecular weight excluding hydrogens is 270 g/mol. The number of methoxy groups -OCH3 is 1. The SMILES string of the molecule is COCCNC(=O)CNCc1cc2ccccc2[nH]c1=O. The molecule has 1 amide bonds. The van der Waals surface area contributed by atoms with Crippen molar-refractivity contribution in [2.45, 2.75) is 6.54 Å². The molecule has 0 spiro atoms. The fourth-order valence-electron chi connectivity index (χ4n) is 1.99. The van der Waals surface area contributed by atoms with Gasteiger partial charge >= 0.3 is 0 Å². The molecule has 0 saturated heterocycles. The minimum absolute atomic E-state index is 0.121. The average Bonchev–Trinajstić information content (AvgIpc) is 2.48. The Balaban J connectivity index is 1.90. The molecule has 0 aliphatic heterocycles. The summed E-state index contributed by atoms with van der Waals surface area (Å²) in [5, 5.41) is 6.63. The number of carbonyl (C=O) groups excluding carboxylic acids is 1. The lowest BCUT2D eigenvalue weighted by molar-refractivity contribution is -0.120. The van der Waals surface area contributed by atoms with Gasteiger partial charge in [0, 0.05) is 31.3 Å². The van der Waals surface area contributed by atoms with E-state index in [1.165, 1.54) is 0 Å². The van der Waals surface area contributed by atoms with E-state index in [4.69, 9.17) is 4.74 Å². The fraction of sp³-hybridized carbons (Fsp3) is 0.333. The van der Waals surface area contributed by atoms with Gasteiger partial charge in [0.15, 0.2) is 0 Å². The highest BCUT2D eigenvalue weighted by Crippen LogP contribution is 2.09. The smallest absolute Gasteiger partial charge is 0.252 e. The molecule has 21 heavy (non-hydrogen) atoms. The Bertz CT molecular complexity index is 667. The molecule has 0 saturated carbocycles. The van der Waals surface area contributed by atoms with Crippen molar-refractivity contribution in [3.63, 3.8) is 0 Å². The second-order valence-corrected chi connectivity index (χ2v) is 4.66. The summed E-state index contributed by atoms with van der Waals surface area (Å²) < 4.78 is 4.84. The van der Waals surface area contributed by atoms with E-state index in [-0.39, 0.29) is 18.0 Å². The maximum atomic E-state index is 11.9. The van der Waals surface area contributed by atoms with Gasteiger partial charge in [0.2, 0.25) is 5.91 Å². The Morgan fingerprint density at radius 1 is 1.33 bits per heavy atom. The Morgan fingerprint density at radius 3 is 2.95 bits per heavy atom. The summed E-state index contributed by atoms with van der Waals surface area (Å²) in [5.41, 5.74) is 1.28. The van der Waals surface area contributed by atoms with Gasteiger partial charge in [-0.15, -0.1) is 0 Å². The highest BCUT2D eigenvalue weighted by atomic mass is 16.5. The zero-order valence-electron chi connectivity index (χ0n) is 11.9. The first kappa shape index (κ1) is 15.2. The summed E-state index contributed by atoms with van der Waals surface area (Å²) in [5.74, 6) is -0.121. The minimum Gasteiger partial charge on any atom is -0.383 e. The van der Waals surface area contributed by atoms with Gasteiger partial charge < -0.3 is 20.4 Å². The van der Waals surface area contributed by atoms with Gasteiger partial charge in [0.05, 0.1) is 13.2 Å². The van der Waals surface area contributed by atoms with Crippen LogP contribution in [0.4, 0.5) is 0 Å². The number of aromatic nitrogens is 1. The molecule has 6 nitrogen and oxygen atoms in total. The van der Waals surface area contributed by atoms with Crippen LogP contribution in [0.5, 0.6) is 0 Å². The summed E-state index contributed by atoms with van der Waals surface area (Å²) in [6.07, 6.45) is 0. The molecule has 0 bridgehead atoms. The molecule has 0 atom stereocenters. The number of benzene rings is 1. The van der Waals surface area contributed by atoms with Crippen molar-refractivity contribution in [2.24, 2.45) is 0 Å². The number of carbonyl (C=O) groups is 1.